The number of amidine groups is 1. The van der Waals surface area contributed by atoms with Crippen molar-refractivity contribution in [3.05, 3.63) is 149 Å². The van der Waals surface area contributed by atoms with E-state index < -0.39 is 0 Å². The van der Waals surface area contributed by atoms with Gasteiger partial charge in [-0.2, -0.15) is 0 Å². The molecule has 5 aromatic carbocycles. The van der Waals surface area contributed by atoms with Crippen molar-refractivity contribution in [1.29, 1.82) is 0 Å². The number of anilines is 1. The Bertz CT molecular complexity index is 2390. The Morgan fingerprint density at radius 2 is 1.49 bits per heavy atom. The number of rotatable bonds is 3. The van der Waals surface area contributed by atoms with Crippen LogP contribution in [0.4, 0.5) is 5.69 Å². The summed E-state index contributed by atoms with van der Waals surface area (Å²) in [5, 5.41) is 2.28. The van der Waals surface area contributed by atoms with Gasteiger partial charge in [-0.1, -0.05) is 112 Å². The van der Waals surface area contributed by atoms with Gasteiger partial charge in [0.15, 0.2) is 5.84 Å². The molecule has 1 fully saturated rings. The van der Waals surface area contributed by atoms with Gasteiger partial charge in [-0.05, 0) is 89.4 Å². The molecule has 2 aliphatic carbocycles. The highest BCUT2D eigenvalue weighted by Gasteiger charge is 2.45. The summed E-state index contributed by atoms with van der Waals surface area (Å²) in [7, 11) is 0. The van der Waals surface area contributed by atoms with Crippen molar-refractivity contribution in [2.45, 2.75) is 69.7 Å². The fourth-order valence-electron chi connectivity index (χ4n) is 9.20. The SMILES string of the molecule is CC1(C)c2ccccc2-c2cc3c(cc21)C1CCCC[C@@H]1N3C1=C/CC/C(c2ccc3c(c2)oc2ccccc23)=N/C(c2ccccc2)=N\1. The van der Waals surface area contributed by atoms with Crippen LogP contribution in [-0.4, -0.2) is 17.6 Å². The van der Waals surface area contributed by atoms with E-state index in [4.69, 9.17) is 14.4 Å². The Kier molecular flexibility index (Phi) is 6.40. The Morgan fingerprint density at radius 1 is 0.694 bits per heavy atom. The third-order valence-corrected chi connectivity index (χ3v) is 11.6. The monoisotopic (exact) mass is 637 g/mol. The Morgan fingerprint density at radius 3 is 2.41 bits per heavy atom. The van der Waals surface area contributed by atoms with Crippen LogP contribution >= 0.6 is 0 Å². The number of benzene rings is 5. The third kappa shape index (κ3) is 4.43. The average Bonchev–Trinajstić information content (AvgIpc) is 3.73. The number of aliphatic imine (C=N–C) groups is 2. The molecule has 4 heteroatoms. The molecule has 240 valence electrons. The molecule has 1 unspecified atom stereocenters. The second kappa shape index (κ2) is 10.9. The summed E-state index contributed by atoms with van der Waals surface area (Å²) in [5.74, 6) is 2.32. The molecule has 1 saturated carbocycles. The van der Waals surface area contributed by atoms with E-state index in [9.17, 15) is 0 Å². The maximum Gasteiger partial charge on any atom is 0.161 e. The third-order valence-electron chi connectivity index (χ3n) is 11.6. The summed E-state index contributed by atoms with van der Waals surface area (Å²) in [6.07, 6.45) is 9.02. The van der Waals surface area contributed by atoms with Gasteiger partial charge in [0.25, 0.3) is 0 Å². The summed E-state index contributed by atoms with van der Waals surface area (Å²) in [5.41, 5.74) is 13.4. The molecule has 0 bridgehead atoms. The number of fused-ring (bicyclic) bond motifs is 9. The molecule has 3 heterocycles. The molecule has 0 radical (unpaired) electrons. The van der Waals surface area contributed by atoms with Crippen molar-refractivity contribution < 1.29 is 4.42 Å². The van der Waals surface area contributed by atoms with E-state index >= 15 is 0 Å². The van der Waals surface area contributed by atoms with Crippen molar-refractivity contribution in [2.24, 2.45) is 9.98 Å². The zero-order chi connectivity index (χ0) is 32.7. The predicted molar refractivity (Wildman–Crippen MR) is 202 cm³/mol. The quantitative estimate of drug-likeness (QED) is 0.194. The lowest BCUT2D eigenvalue weighted by atomic mass is 9.78. The maximum absolute atomic E-state index is 6.28. The van der Waals surface area contributed by atoms with Gasteiger partial charge in [-0.15, -0.1) is 0 Å². The normalized spacial score (nSPS) is 24.0. The van der Waals surface area contributed by atoms with Crippen LogP contribution in [0.15, 0.2) is 135 Å². The van der Waals surface area contributed by atoms with Gasteiger partial charge in [0.2, 0.25) is 0 Å². The molecular formula is C45H39N3O. The second-order valence-electron chi connectivity index (χ2n) is 14.7. The zero-order valence-electron chi connectivity index (χ0n) is 28.1. The molecule has 0 amide bonds. The fraction of sp³-hybridized carbons (Fsp3) is 0.244. The largest absolute Gasteiger partial charge is 0.456 e. The molecule has 4 nitrogen and oxygen atoms in total. The van der Waals surface area contributed by atoms with Crippen LogP contribution in [0.2, 0.25) is 0 Å². The zero-order valence-corrected chi connectivity index (χ0v) is 28.1. The number of hydrogen-bond acceptors (Lipinski definition) is 4. The lowest BCUT2D eigenvalue weighted by Gasteiger charge is -2.34. The highest BCUT2D eigenvalue weighted by Crippen LogP contribution is 2.56. The summed E-state index contributed by atoms with van der Waals surface area (Å²) >= 11 is 0. The second-order valence-corrected chi connectivity index (χ2v) is 14.7. The Balaban J connectivity index is 1.11. The summed E-state index contributed by atoms with van der Waals surface area (Å²) < 4.78 is 6.28. The van der Waals surface area contributed by atoms with Crippen molar-refractivity contribution >= 4 is 39.2 Å². The number of allylic oxidation sites excluding steroid dienone is 1. The van der Waals surface area contributed by atoms with Crippen LogP contribution in [0, 0.1) is 0 Å². The molecule has 0 spiro atoms. The van der Waals surface area contributed by atoms with Gasteiger partial charge in [-0.25, -0.2) is 9.98 Å². The van der Waals surface area contributed by atoms with Crippen LogP contribution in [0.1, 0.15) is 86.1 Å². The van der Waals surface area contributed by atoms with Crippen LogP contribution in [0.3, 0.4) is 0 Å². The predicted octanol–water partition coefficient (Wildman–Crippen LogP) is 11.3. The van der Waals surface area contributed by atoms with Gasteiger partial charge in [0.1, 0.15) is 17.0 Å². The van der Waals surface area contributed by atoms with Crippen LogP contribution in [0.5, 0.6) is 0 Å². The van der Waals surface area contributed by atoms with Gasteiger partial charge in [-0.3, -0.25) is 0 Å². The minimum atomic E-state index is -0.00677. The first-order valence-electron chi connectivity index (χ1n) is 18.0. The Hall–Kier alpha value is -5.22. The van der Waals surface area contributed by atoms with Crippen LogP contribution < -0.4 is 4.90 Å². The van der Waals surface area contributed by atoms with E-state index in [1.165, 1.54) is 59.2 Å². The maximum atomic E-state index is 6.28. The van der Waals surface area contributed by atoms with Gasteiger partial charge < -0.3 is 9.32 Å². The van der Waals surface area contributed by atoms with E-state index in [1.807, 2.05) is 12.1 Å². The standard InChI is InChI=1S/C45H39N3O/c1-45(2)36-18-9-6-15-30(36)34-27-40-35(26-37(34)45)31-16-7-10-20-39(31)48(40)43-22-12-19-38(46-44(47-43)28-13-4-3-5-14-28)29-23-24-33-32-17-8-11-21-41(32)49-42(33)25-29/h3-6,8-9,11,13-15,17-18,21-27,31,39H,7,10,12,16,19-20H2,1-2H3/b43-22+,46-38-,47-44-/t31?,39-/m0/s1. The molecule has 4 aliphatic rings. The van der Waals surface area contributed by atoms with Gasteiger partial charge in [0.05, 0.1) is 5.71 Å². The summed E-state index contributed by atoms with van der Waals surface area (Å²) in [6.45, 7) is 4.79. The molecule has 10 rings (SSSR count). The fourth-order valence-corrected chi connectivity index (χ4v) is 9.20. The molecule has 2 atom stereocenters. The molecule has 49 heavy (non-hydrogen) atoms. The molecule has 2 aliphatic heterocycles. The van der Waals surface area contributed by atoms with Crippen molar-refractivity contribution in [3.63, 3.8) is 0 Å². The minimum Gasteiger partial charge on any atom is -0.456 e. The number of para-hydroxylation sites is 1. The van der Waals surface area contributed by atoms with Gasteiger partial charge in [0, 0.05) is 39.4 Å². The number of hydrogen-bond donors (Lipinski definition) is 0. The topological polar surface area (TPSA) is 41.1 Å². The van der Waals surface area contributed by atoms with E-state index in [2.05, 4.69) is 122 Å². The van der Waals surface area contributed by atoms with Crippen LogP contribution in [-0.2, 0) is 5.41 Å². The molecule has 6 aromatic rings. The first-order chi connectivity index (χ1) is 24.0. The highest BCUT2D eigenvalue weighted by atomic mass is 16.3. The summed E-state index contributed by atoms with van der Waals surface area (Å²) in [4.78, 5) is 13.5. The molecule has 0 N–H and O–H groups in total. The van der Waals surface area contributed by atoms with E-state index in [1.54, 1.807) is 0 Å². The first kappa shape index (κ1) is 28.8. The molecule has 0 saturated heterocycles. The minimum absolute atomic E-state index is 0.00677. The molecule has 1 aromatic heterocycles. The Labute approximate surface area is 287 Å². The number of nitrogens with zero attached hydrogens (tertiary/aromatic N) is 3. The number of furan rings is 1. The van der Waals surface area contributed by atoms with Crippen LogP contribution in [0.25, 0.3) is 33.1 Å². The van der Waals surface area contributed by atoms with Crippen molar-refractivity contribution in [3.8, 4) is 11.1 Å². The van der Waals surface area contributed by atoms with E-state index in [0.717, 1.165) is 63.3 Å². The van der Waals surface area contributed by atoms with E-state index in [0.29, 0.717) is 12.0 Å². The van der Waals surface area contributed by atoms with Crippen molar-refractivity contribution in [2.75, 3.05) is 4.90 Å². The van der Waals surface area contributed by atoms with E-state index in [-0.39, 0.29) is 5.41 Å². The van der Waals surface area contributed by atoms with Gasteiger partial charge >= 0.3 is 0 Å². The summed E-state index contributed by atoms with van der Waals surface area (Å²) in [6, 6.07) is 39.8. The molecular weight excluding hydrogens is 599 g/mol. The first-order valence-corrected chi connectivity index (χ1v) is 18.0. The smallest absolute Gasteiger partial charge is 0.161 e. The van der Waals surface area contributed by atoms with Crippen molar-refractivity contribution in [1.82, 2.24) is 0 Å². The lowest BCUT2D eigenvalue weighted by Crippen LogP contribution is -2.35. The average molecular weight is 638 g/mol. The lowest BCUT2D eigenvalue weighted by molar-refractivity contribution is 0.396. The highest BCUT2D eigenvalue weighted by molar-refractivity contribution is 6.15.